The number of hydrogen-bond acceptors (Lipinski definition) is 9. The highest BCUT2D eigenvalue weighted by atomic mass is 35.5. The van der Waals surface area contributed by atoms with Crippen molar-refractivity contribution in [3.63, 3.8) is 0 Å². The van der Waals surface area contributed by atoms with Gasteiger partial charge in [0, 0.05) is 81.6 Å². The van der Waals surface area contributed by atoms with Gasteiger partial charge in [0.2, 0.25) is 11.8 Å². The topological polar surface area (TPSA) is 133 Å². The van der Waals surface area contributed by atoms with E-state index in [0.717, 1.165) is 93.4 Å². The van der Waals surface area contributed by atoms with Crippen LogP contribution in [0.25, 0.3) is 10.8 Å². The number of carbonyl (C=O) groups is 3. The summed E-state index contributed by atoms with van der Waals surface area (Å²) >= 11 is 6.33. The molecule has 4 aliphatic rings. The molecule has 1 spiro atoms. The highest BCUT2D eigenvalue weighted by Gasteiger charge is 2.39. The average molecular weight is 751 g/mol. The molecule has 4 saturated heterocycles. The van der Waals surface area contributed by atoms with E-state index in [0.29, 0.717) is 18.5 Å². The number of nitrogens with one attached hydrogen (secondary N) is 2. The van der Waals surface area contributed by atoms with Gasteiger partial charge in [-0.2, -0.15) is 5.10 Å². The maximum Gasteiger partial charge on any atom is 0.287 e. The quantitative estimate of drug-likeness (QED) is 0.264. The van der Waals surface area contributed by atoms with Gasteiger partial charge in [-0.15, -0.1) is 0 Å². The van der Waals surface area contributed by atoms with E-state index in [1.165, 1.54) is 15.9 Å². The molecule has 1 unspecified atom stereocenters. The molecular weight excluding hydrogens is 704 g/mol. The predicted octanol–water partition coefficient (Wildman–Crippen LogP) is 4.92. The van der Waals surface area contributed by atoms with Gasteiger partial charge < -0.3 is 20.0 Å². The number of likely N-dealkylation sites (tertiary alicyclic amines) is 2. The summed E-state index contributed by atoms with van der Waals surface area (Å²) in [5, 5.41) is 12.2. The van der Waals surface area contributed by atoms with Crippen LogP contribution < -0.4 is 21.1 Å². The zero-order valence-corrected chi connectivity index (χ0v) is 31.6. The number of pyridine rings is 1. The van der Waals surface area contributed by atoms with Crippen LogP contribution in [0.1, 0.15) is 78.4 Å². The molecule has 6 heterocycles. The Balaban J connectivity index is 0.850. The summed E-state index contributed by atoms with van der Waals surface area (Å²) in [6.07, 6.45) is 9.26. The van der Waals surface area contributed by atoms with Crippen molar-refractivity contribution in [2.24, 2.45) is 12.5 Å². The maximum atomic E-state index is 13.7. The molecule has 4 fully saturated rings. The lowest BCUT2D eigenvalue weighted by molar-refractivity contribution is -0.134. The van der Waals surface area contributed by atoms with Crippen molar-refractivity contribution in [2.45, 2.75) is 62.8 Å². The molecule has 2 N–H and O–H groups in total. The molecule has 0 bridgehead atoms. The first kappa shape index (κ1) is 36.2. The van der Waals surface area contributed by atoms with E-state index in [1.54, 1.807) is 19.4 Å². The smallest absolute Gasteiger partial charge is 0.287 e. The van der Waals surface area contributed by atoms with Crippen molar-refractivity contribution < 1.29 is 14.4 Å². The number of benzene rings is 2. The normalized spacial score (nSPS) is 23.4. The van der Waals surface area contributed by atoms with Crippen molar-refractivity contribution in [1.29, 1.82) is 0 Å². The largest absolute Gasteiger partial charge is 0.378 e. The van der Waals surface area contributed by atoms with Gasteiger partial charge in [0.25, 0.3) is 11.5 Å². The first-order valence-electron chi connectivity index (χ1n) is 19.1. The SMILES string of the molecule is CN1C[C@H](Nc2cnn(C)c(=O)c2Cl)C[C@H](c2ccc(C(=O)N3CCC4(CC3)CCN(c3ccc5c(C6CCC(=O)NC6=O)nccc5c3)CC4)cc2)C1. The van der Waals surface area contributed by atoms with Crippen LogP contribution in [-0.2, 0) is 16.6 Å². The second kappa shape index (κ2) is 14.8. The third-order valence-electron chi connectivity index (χ3n) is 12.3. The molecule has 0 saturated carbocycles. The predicted molar refractivity (Wildman–Crippen MR) is 209 cm³/mol. The second-order valence-corrected chi connectivity index (χ2v) is 16.2. The number of fused-ring (bicyclic) bond motifs is 1. The van der Waals surface area contributed by atoms with E-state index >= 15 is 0 Å². The number of carbonyl (C=O) groups excluding carboxylic acids is 3. The first-order chi connectivity index (χ1) is 26.1. The summed E-state index contributed by atoms with van der Waals surface area (Å²) < 4.78 is 1.23. The number of aryl methyl sites for hydroxylation is 1. The maximum absolute atomic E-state index is 13.7. The van der Waals surface area contributed by atoms with E-state index in [4.69, 9.17) is 11.6 Å². The van der Waals surface area contributed by atoms with Crippen LogP contribution >= 0.6 is 11.6 Å². The monoisotopic (exact) mass is 750 g/mol. The van der Waals surface area contributed by atoms with Gasteiger partial charge in [-0.05, 0) is 98.2 Å². The first-order valence-corrected chi connectivity index (χ1v) is 19.5. The molecule has 12 nitrogen and oxygen atoms in total. The molecule has 0 aliphatic carbocycles. The number of anilines is 2. The Bertz CT molecular complexity index is 2140. The summed E-state index contributed by atoms with van der Waals surface area (Å²) in [7, 11) is 3.68. The van der Waals surface area contributed by atoms with Crippen molar-refractivity contribution in [2.75, 3.05) is 56.5 Å². The Morgan fingerprint density at radius 2 is 1.69 bits per heavy atom. The van der Waals surface area contributed by atoms with Crippen molar-refractivity contribution in [1.82, 2.24) is 29.9 Å². The van der Waals surface area contributed by atoms with Gasteiger partial charge in [-0.25, -0.2) is 4.68 Å². The third-order valence-corrected chi connectivity index (χ3v) is 12.7. The van der Waals surface area contributed by atoms with E-state index in [1.807, 2.05) is 23.1 Å². The van der Waals surface area contributed by atoms with Gasteiger partial charge in [0.15, 0.2) is 0 Å². The molecule has 2 aromatic heterocycles. The number of nitrogens with zero attached hydrogens (tertiary/aromatic N) is 6. The number of aromatic nitrogens is 3. The fourth-order valence-corrected chi connectivity index (χ4v) is 9.34. The summed E-state index contributed by atoms with van der Waals surface area (Å²) in [5.74, 6) is -0.528. The lowest BCUT2D eigenvalue weighted by Gasteiger charge is -2.47. The number of amides is 3. The van der Waals surface area contributed by atoms with E-state index in [-0.39, 0.29) is 45.7 Å². The molecule has 13 heteroatoms. The van der Waals surface area contributed by atoms with Crippen molar-refractivity contribution in [3.8, 4) is 0 Å². The lowest BCUT2D eigenvalue weighted by atomic mass is 9.71. The Morgan fingerprint density at radius 1 is 0.944 bits per heavy atom. The van der Waals surface area contributed by atoms with Crippen LogP contribution in [0.5, 0.6) is 0 Å². The fourth-order valence-electron chi connectivity index (χ4n) is 9.12. The molecule has 2 aromatic carbocycles. The fraction of sp³-hybridized carbons (Fsp3) is 0.463. The Kier molecular flexibility index (Phi) is 9.91. The summed E-state index contributed by atoms with van der Waals surface area (Å²) in [6.45, 7) is 5.20. The standard InChI is InChI=1S/C41H47ClN8O4/c1-47-24-29(21-30(25-47)45-34-23-44-48(2)40(54)36(34)42)26-3-5-27(6-4-26)39(53)50-19-14-41(15-20-50)12-17-49(18-13-41)31-7-8-32-28(22-31)11-16-43-37(32)33-9-10-35(51)46-38(33)52/h3-8,11,16,22-23,29-30,33,45H,9-10,12-15,17-21,24-25H2,1-2H3,(H,46,51,52)/t29-,30+,33?/m0/s1. The van der Waals surface area contributed by atoms with Crippen LogP contribution in [0.3, 0.4) is 0 Å². The Hall–Kier alpha value is -4.81. The van der Waals surface area contributed by atoms with Gasteiger partial charge in [-0.3, -0.25) is 29.5 Å². The molecule has 54 heavy (non-hydrogen) atoms. The Labute approximate surface area is 319 Å². The summed E-state index contributed by atoms with van der Waals surface area (Å²) in [4.78, 5) is 61.5. The molecule has 282 valence electrons. The van der Waals surface area contributed by atoms with Gasteiger partial charge in [0.05, 0.1) is 23.5 Å². The van der Waals surface area contributed by atoms with Gasteiger partial charge in [-0.1, -0.05) is 29.8 Å². The molecule has 4 aromatic rings. The lowest BCUT2D eigenvalue weighted by Crippen LogP contribution is -2.48. The van der Waals surface area contributed by atoms with Crippen LogP contribution in [0, 0.1) is 5.41 Å². The molecule has 3 amide bonds. The summed E-state index contributed by atoms with van der Waals surface area (Å²) in [6, 6.07) is 16.6. The van der Waals surface area contributed by atoms with Crippen LogP contribution in [0.4, 0.5) is 11.4 Å². The minimum atomic E-state index is -0.413. The molecule has 4 aliphatic heterocycles. The van der Waals surface area contributed by atoms with Crippen LogP contribution in [0.2, 0.25) is 5.02 Å². The van der Waals surface area contributed by atoms with Gasteiger partial charge >= 0.3 is 0 Å². The molecule has 3 atom stereocenters. The highest BCUT2D eigenvalue weighted by Crippen LogP contribution is 2.43. The molecular formula is C41H47ClN8O4. The van der Waals surface area contributed by atoms with E-state index < -0.39 is 5.92 Å². The zero-order chi connectivity index (χ0) is 37.6. The molecule has 8 rings (SSSR count). The number of piperidine rings is 4. The highest BCUT2D eigenvalue weighted by molar-refractivity contribution is 6.32. The zero-order valence-electron chi connectivity index (χ0n) is 30.9. The van der Waals surface area contributed by atoms with E-state index in [2.05, 4.69) is 67.9 Å². The third kappa shape index (κ3) is 7.21. The van der Waals surface area contributed by atoms with Crippen LogP contribution in [0.15, 0.2) is 65.7 Å². The van der Waals surface area contributed by atoms with Crippen molar-refractivity contribution >= 4 is 51.5 Å². The minimum Gasteiger partial charge on any atom is -0.378 e. The second-order valence-electron chi connectivity index (χ2n) is 15.8. The van der Waals surface area contributed by atoms with Crippen LogP contribution in [-0.4, -0.2) is 94.6 Å². The summed E-state index contributed by atoms with van der Waals surface area (Å²) in [5.41, 5.74) is 4.32. The minimum absolute atomic E-state index is 0.0965. The number of rotatable bonds is 6. The van der Waals surface area contributed by atoms with E-state index in [9.17, 15) is 19.2 Å². The van der Waals surface area contributed by atoms with Gasteiger partial charge in [0.1, 0.15) is 5.02 Å². The number of imide groups is 1. The number of halogens is 1. The van der Waals surface area contributed by atoms with Crippen molar-refractivity contribution in [3.05, 3.63) is 93.1 Å². The Morgan fingerprint density at radius 3 is 2.43 bits per heavy atom. The average Bonchev–Trinajstić information content (AvgIpc) is 3.18. The number of hydrogen-bond donors (Lipinski definition) is 2. The molecule has 0 radical (unpaired) electrons. The number of likely N-dealkylation sites (N-methyl/N-ethyl adjacent to an activating group) is 1.